The van der Waals surface area contributed by atoms with E-state index < -0.39 is 0 Å². The van der Waals surface area contributed by atoms with Crippen molar-refractivity contribution in [3.63, 3.8) is 0 Å². The number of nitrogens with one attached hydrogen (secondary N) is 2. The van der Waals surface area contributed by atoms with E-state index in [0.29, 0.717) is 0 Å². The number of hydrogen-bond acceptors (Lipinski definition) is 3. The predicted octanol–water partition coefficient (Wildman–Crippen LogP) is 1.82. The van der Waals surface area contributed by atoms with Gasteiger partial charge in [0.2, 0.25) is 0 Å². The highest BCUT2D eigenvalue weighted by atomic mass is 35.5. The lowest BCUT2D eigenvalue weighted by Crippen LogP contribution is -2.43. The molecule has 2 aromatic rings. The van der Waals surface area contributed by atoms with Crippen molar-refractivity contribution < 1.29 is 0 Å². The van der Waals surface area contributed by atoms with Crippen molar-refractivity contribution in [2.45, 2.75) is 0 Å². The molecule has 1 aromatic heterocycles. The van der Waals surface area contributed by atoms with Gasteiger partial charge in [-0.15, -0.1) is 24.8 Å². The fourth-order valence-corrected chi connectivity index (χ4v) is 2.04. The van der Waals surface area contributed by atoms with Gasteiger partial charge < -0.3 is 15.2 Å². The van der Waals surface area contributed by atoms with E-state index in [9.17, 15) is 0 Å². The van der Waals surface area contributed by atoms with Crippen LogP contribution in [0.5, 0.6) is 0 Å². The number of rotatable bonds is 1. The molecule has 0 amide bonds. The topological polar surface area (TPSA) is 44.0 Å². The Kier molecular flexibility index (Phi) is 5.05. The van der Waals surface area contributed by atoms with Gasteiger partial charge in [-0.25, -0.2) is 4.98 Å². The van der Waals surface area contributed by atoms with Crippen LogP contribution >= 0.6 is 24.8 Å². The van der Waals surface area contributed by atoms with Gasteiger partial charge >= 0.3 is 0 Å². The second kappa shape index (κ2) is 6.10. The average molecular weight is 275 g/mol. The zero-order valence-electron chi connectivity index (χ0n) is 9.35. The maximum Gasteiger partial charge on any atom is 0.0931 e. The van der Waals surface area contributed by atoms with Crippen LogP contribution in [0.1, 0.15) is 0 Å². The Bertz CT molecular complexity index is 465. The summed E-state index contributed by atoms with van der Waals surface area (Å²) in [5, 5.41) is 3.35. The van der Waals surface area contributed by atoms with E-state index in [2.05, 4.69) is 38.4 Å². The second-order valence-corrected chi connectivity index (χ2v) is 3.84. The van der Waals surface area contributed by atoms with Gasteiger partial charge in [-0.1, -0.05) is 0 Å². The van der Waals surface area contributed by atoms with Crippen LogP contribution in [0.3, 0.4) is 0 Å². The third-order valence-corrected chi connectivity index (χ3v) is 2.89. The summed E-state index contributed by atoms with van der Waals surface area (Å²) in [5.74, 6) is 0. The zero-order valence-corrected chi connectivity index (χ0v) is 11.0. The van der Waals surface area contributed by atoms with Crippen LogP contribution < -0.4 is 10.2 Å². The number of anilines is 1. The van der Waals surface area contributed by atoms with Crippen molar-refractivity contribution in [1.29, 1.82) is 0 Å². The highest BCUT2D eigenvalue weighted by Crippen LogP contribution is 2.19. The van der Waals surface area contributed by atoms with Crippen molar-refractivity contribution in [3.8, 4) is 0 Å². The van der Waals surface area contributed by atoms with Gasteiger partial charge in [0.25, 0.3) is 0 Å². The summed E-state index contributed by atoms with van der Waals surface area (Å²) in [5.41, 5.74) is 3.44. The van der Waals surface area contributed by atoms with Crippen LogP contribution in [0, 0.1) is 0 Å². The van der Waals surface area contributed by atoms with Gasteiger partial charge in [0.05, 0.1) is 17.4 Å². The van der Waals surface area contributed by atoms with E-state index >= 15 is 0 Å². The van der Waals surface area contributed by atoms with Crippen LogP contribution in [0.15, 0.2) is 24.5 Å². The summed E-state index contributed by atoms with van der Waals surface area (Å²) in [6, 6.07) is 6.39. The first kappa shape index (κ1) is 14.1. The van der Waals surface area contributed by atoms with E-state index in [1.54, 1.807) is 6.33 Å². The standard InChI is InChI=1S/C11H14N4.2ClH/c1-2-10-11(14-8-13-10)7-9(1)15-5-3-12-4-6-15;;/h1-2,7-8,12H,3-6H2,(H,13,14);2*1H. The molecule has 94 valence electrons. The molecule has 2 N–H and O–H groups in total. The molecule has 1 aliphatic heterocycles. The minimum Gasteiger partial charge on any atom is -0.369 e. The van der Waals surface area contributed by atoms with Gasteiger partial charge in [0.15, 0.2) is 0 Å². The van der Waals surface area contributed by atoms with Crippen LogP contribution in [0.25, 0.3) is 11.0 Å². The number of imidazole rings is 1. The molecular weight excluding hydrogens is 259 g/mol. The molecule has 17 heavy (non-hydrogen) atoms. The Balaban J connectivity index is 0.000000722. The summed E-state index contributed by atoms with van der Waals surface area (Å²) < 4.78 is 0. The minimum absolute atomic E-state index is 0. The summed E-state index contributed by atoms with van der Waals surface area (Å²) in [7, 11) is 0. The van der Waals surface area contributed by atoms with Gasteiger partial charge in [-0.2, -0.15) is 0 Å². The van der Waals surface area contributed by atoms with Crippen LogP contribution in [0.2, 0.25) is 0 Å². The van der Waals surface area contributed by atoms with Crippen LogP contribution in [-0.2, 0) is 0 Å². The molecule has 1 aliphatic rings. The first-order valence-corrected chi connectivity index (χ1v) is 5.32. The molecule has 1 fully saturated rings. The maximum absolute atomic E-state index is 4.22. The van der Waals surface area contributed by atoms with Crippen LogP contribution in [-0.4, -0.2) is 36.1 Å². The quantitative estimate of drug-likeness (QED) is 0.834. The molecule has 0 saturated carbocycles. The molecule has 3 rings (SSSR count). The third-order valence-electron chi connectivity index (χ3n) is 2.89. The van der Waals surface area contributed by atoms with E-state index in [4.69, 9.17) is 0 Å². The lowest BCUT2D eigenvalue weighted by molar-refractivity contribution is 0.589. The van der Waals surface area contributed by atoms with Crippen molar-refractivity contribution in [3.05, 3.63) is 24.5 Å². The monoisotopic (exact) mass is 274 g/mol. The number of halogens is 2. The van der Waals surface area contributed by atoms with Gasteiger partial charge in [0.1, 0.15) is 0 Å². The second-order valence-electron chi connectivity index (χ2n) is 3.84. The van der Waals surface area contributed by atoms with Gasteiger partial charge in [0, 0.05) is 31.9 Å². The number of aromatic nitrogens is 2. The molecule has 0 spiro atoms. The van der Waals surface area contributed by atoms with E-state index in [1.807, 2.05) is 0 Å². The molecule has 0 atom stereocenters. The Morgan fingerprint density at radius 1 is 1.12 bits per heavy atom. The fraction of sp³-hybridized carbons (Fsp3) is 0.364. The normalized spacial score (nSPS) is 15.2. The largest absolute Gasteiger partial charge is 0.369 e. The molecule has 1 aromatic carbocycles. The zero-order chi connectivity index (χ0) is 10.1. The van der Waals surface area contributed by atoms with Gasteiger partial charge in [-0.05, 0) is 18.2 Å². The molecule has 6 heteroatoms. The molecule has 4 nitrogen and oxygen atoms in total. The van der Waals surface area contributed by atoms with Crippen molar-refractivity contribution >= 4 is 41.5 Å². The minimum atomic E-state index is 0. The number of piperazine rings is 1. The Morgan fingerprint density at radius 2 is 1.88 bits per heavy atom. The molecular formula is C11H16Cl2N4. The van der Waals surface area contributed by atoms with Crippen LogP contribution in [0.4, 0.5) is 5.69 Å². The Hall–Kier alpha value is -0.970. The highest BCUT2D eigenvalue weighted by Gasteiger charge is 2.10. The number of hydrogen-bond donors (Lipinski definition) is 2. The number of benzene rings is 1. The summed E-state index contributed by atoms with van der Waals surface area (Å²) in [6.45, 7) is 4.31. The smallest absolute Gasteiger partial charge is 0.0931 e. The van der Waals surface area contributed by atoms with Gasteiger partial charge in [-0.3, -0.25) is 0 Å². The van der Waals surface area contributed by atoms with Crippen molar-refractivity contribution in [1.82, 2.24) is 15.3 Å². The maximum atomic E-state index is 4.22. The van der Waals surface area contributed by atoms with E-state index in [0.717, 1.165) is 37.2 Å². The molecule has 1 saturated heterocycles. The summed E-state index contributed by atoms with van der Waals surface area (Å²) in [6.07, 6.45) is 1.74. The lowest BCUT2D eigenvalue weighted by atomic mass is 10.2. The van der Waals surface area contributed by atoms with Crippen molar-refractivity contribution in [2.75, 3.05) is 31.1 Å². The summed E-state index contributed by atoms with van der Waals surface area (Å²) >= 11 is 0. The van der Waals surface area contributed by atoms with E-state index in [-0.39, 0.29) is 24.8 Å². The number of fused-ring (bicyclic) bond motifs is 1. The first-order valence-electron chi connectivity index (χ1n) is 5.32. The number of H-pyrrole nitrogens is 1. The van der Waals surface area contributed by atoms with Crippen molar-refractivity contribution in [2.24, 2.45) is 0 Å². The molecule has 0 radical (unpaired) electrons. The molecule has 0 unspecified atom stereocenters. The average Bonchev–Trinajstić information content (AvgIpc) is 2.77. The molecule has 2 heterocycles. The predicted molar refractivity (Wildman–Crippen MR) is 75.7 cm³/mol. The Labute approximate surface area is 113 Å². The summed E-state index contributed by atoms with van der Waals surface area (Å²) in [4.78, 5) is 9.76. The SMILES string of the molecule is Cl.Cl.c1nc2ccc(N3CCNCC3)cc2[nH]1. The first-order chi connectivity index (χ1) is 7.43. The fourth-order valence-electron chi connectivity index (χ4n) is 2.04. The Morgan fingerprint density at radius 3 is 2.65 bits per heavy atom. The number of nitrogens with zero attached hydrogens (tertiary/aromatic N) is 2. The van der Waals surface area contributed by atoms with E-state index in [1.165, 1.54) is 5.69 Å². The molecule has 0 aliphatic carbocycles. The third kappa shape index (κ3) is 2.83. The highest BCUT2D eigenvalue weighted by molar-refractivity contribution is 5.85. The lowest BCUT2D eigenvalue weighted by Gasteiger charge is -2.29. The number of aromatic amines is 1. The molecule has 0 bridgehead atoms.